The average molecular weight is 310 g/mol. The summed E-state index contributed by atoms with van der Waals surface area (Å²) < 4.78 is 16.3. The molecule has 2 aromatic carbocycles. The Labute approximate surface area is 134 Å². The fraction of sp³-hybridized carbons (Fsp3) is 0.222. The molecule has 1 atom stereocenters. The summed E-state index contributed by atoms with van der Waals surface area (Å²) in [7, 11) is 1.63. The Balaban J connectivity index is 1.68. The lowest BCUT2D eigenvalue weighted by Gasteiger charge is -2.09. The molecule has 0 saturated heterocycles. The quantitative estimate of drug-likeness (QED) is 0.690. The lowest BCUT2D eigenvalue weighted by Crippen LogP contribution is -2.07. The lowest BCUT2D eigenvalue weighted by atomic mass is 10.2. The van der Waals surface area contributed by atoms with Crippen LogP contribution in [0.2, 0.25) is 0 Å². The van der Waals surface area contributed by atoms with Crippen LogP contribution in [0.5, 0.6) is 11.5 Å². The van der Waals surface area contributed by atoms with Crippen LogP contribution in [0.4, 0.5) is 0 Å². The van der Waals surface area contributed by atoms with Gasteiger partial charge in [0.15, 0.2) is 0 Å². The number of nitrogens with zero attached hydrogens (tertiary/aromatic N) is 2. The summed E-state index contributed by atoms with van der Waals surface area (Å²) in [6.07, 6.45) is 0. The van der Waals surface area contributed by atoms with Crippen molar-refractivity contribution in [3.05, 3.63) is 60.5 Å². The Morgan fingerprint density at radius 2 is 1.83 bits per heavy atom. The van der Waals surface area contributed by atoms with E-state index in [1.54, 1.807) is 7.11 Å². The van der Waals surface area contributed by atoms with E-state index in [0.29, 0.717) is 18.3 Å². The molecule has 0 bridgehead atoms. The van der Waals surface area contributed by atoms with E-state index >= 15 is 0 Å². The van der Waals surface area contributed by atoms with Crippen molar-refractivity contribution in [2.24, 2.45) is 0 Å². The van der Waals surface area contributed by atoms with Gasteiger partial charge in [-0.25, -0.2) is 0 Å². The third kappa shape index (κ3) is 3.69. The molecule has 0 amide bonds. The average Bonchev–Trinajstić information content (AvgIpc) is 3.11. The molecule has 0 saturated carbocycles. The van der Waals surface area contributed by atoms with E-state index in [2.05, 4.69) is 10.1 Å². The van der Waals surface area contributed by atoms with Crippen LogP contribution < -0.4 is 9.47 Å². The van der Waals surface area contributed by atoms with Crippen LogP contribution >= 0.6 is 0 Å². The number of rotatable bonds is 6. The normalized spacial score (nSPS) is 11.9. The van der Waals surface area contributed by atoms with Crippen molar-refractivity contribution in [2.45, 2.75) is 12.8 Å². The highest BCUT2D eigenvalue weighted by Crippen LogP contribution is 2.23. The van der Waals surface area contributed by atoms with Crippen LogP contribution in [0.25, 0.3) is 11.4 Å². The van der Waals surface area contributed by atoms with Gasteiger partial charge in [0.2, 0.25) is 11.7 Å². The highest BCUT2D eigenvalue weighted by atomic mass is 16.5. The molecule has 0 aliphatic carbocycles. The second kappa shape index (κ2) is 6.96. The highest BCUT2D eigenvalue weighted by molar-refractivity contribution is 5.56. The van der Waals surface area contributed by atoms with Crippen LogP contribution in [-0.4, -0.2) is 23.9 Å². The van der Waals surface area contributed by atoms with Gasteiger partial charge in [0, 0.05) is 5.56 Å². The van der Waals surface area contributed by atoms with E-state index in [1.807, 2.05) is 61.5 Å². The number of hydrogen-bond acceptors (Lipinski definition) is 5. The Morgan fingerprint density at radius 3 is 2.61 bits per heavy atom. The Kier molecular flexibility index (Phi) is 4.57. The fourth-order valence-corrected chi connectivity index (χ4v) is 2.12. The molecule has 0 radical (unpaired) electrons. The second-order valence-corrected chi connectivity index (χ2v) is 5.21. The van der Waals surface area contributed by atoms with E-state index in [0.717, 1.165) is 17.1 Å². The molecule has 3 aromatic rings. The summed E-state index contributed by atoms with van der Waals surface area (Å²) in [5, 5.41) is 4.04. The molecule has 0 aliphatic heterocycles. The van der Waals surface area contributed by atoms with Crippen LogP contribution in [0.3, 0.4) is 0 Å². The van der Waals surface area contributed by atoms with Gasteiger partial charge >= 0.3 is 0 Å². The fourth-order valence-electron chi connectivity index (χ4n) is 2.12. The summed E-state index contributed by atoms with van der Waals surface area (Å²) in [6.45, 7) is 2.47. The Bertz CT molecular complexity index is 756. The maximum absolute atomic E-state index is 5.73. The molecule has 5 heteroatoms. The van der Waals surface area contributed by atoms with Gasteiger partial charge < -0.3 is 14.0 Å². The molecular weight excluding hydrogens is 292 g/mol. The predicted molar refractivity (Wildman–Crippen MR) is 86.6 cm³/mol. The molecule has 0 N–H and O–H groups in total. The molecule has 0 fully saturated rings. The summed E-state index contributed by atoms with van der Waals surface area (Å²) in [4.78, 5) is 4.45. The van der Waals surface area contributed by atoms with Crippen molar-refractivity contribution in [1.29, 1.82) is 0 Å². The minimum atomic E-state index is 0.00191. The molecule has 1 unspecified atom stereocenters. The number of para-hydroxylation sites is 1. The first-order valence-corrected chi connectivity index (χ1v) is 7.42. The van der Waals surface area contributed by atoms with Gasteiger partial charge in [-0.2, -0.15) is 4.98 Å². The number of hydrogen-bond donors (Lipinski definition) is 0. The third-order valence-corrected chi connectivity index (χ3v) is 3.43. The zero-order valence-corrected chi connectivity index (χ0v) is 13.1. The predicted octanol–water partition coefficient (Wildman–Crippen LogP) is 3.93. The number of aromatic nitrogens is 2. The highest BCUT2D eigenvalue weighted by Gasteiger charge is 2.16. The van der Waals surface area contributed by atoms with Crippen LogP contribution in [0.1, 0.15) is 18.7 Å². The van der Waals surface area contributed by atoms with E-state index in [-0.39, 0.29) is 5.92 Å². The molecular formula is C18H18N2O3. The zero-order valence-electron chi connectivity index (χ0n) is 13.1. The molecule has 5 nitrogen and oxygen atoms in total. The Hall–Kier alpha value is -2.82. The number of methoxy groups -OCH3 is 1. The van der Waals surface area contributed by atoms with Gasteiger partial charge in [-0.1, -0.05) is 42.4 Å². The van der Waals surface area contributed by atoms with Gasteiger partial charge in [0.1, 0.15) is 11.5 Å². The van der Waals surface area contributed by atoms with Crippen molar-refractivity contribution in [3.8, 4) is 22.9 Å². The van der Waals surface area contributed by atoms with Crippen molar-refractivity contribution in [1.82, 2.24) is 10.1 Å². The monoisotopic (exact) mass is 310 g/mol. The van der Waals surface area contributed by atoms with Crippen molar-refractivity contribution in [2.75, 3.05) is 13.7 Å². The van der Waals surface area contributed by atoms with Crippen molar-refractivity contribution in [3.63, 3.8) is 0 Å². The zero-order chi connectivity index (χ0) is 16.1. The molecule has 118 valence electrons. The first-order valence-electron chi connectivity index (χ1n) is 7.42. The minimum Gasteiger partial charge on any atom is -0.497 e. The lowest BCUT2D eigenvalue weighted by molar-refractivity contribution is 0.261. The summed E-state index contributed by atoms with van der Waals surface area (Å²) in [5.41, 5.74) is 0.857. The second-order valence-electron chi connectivity index (χ2n) is 5.21. The first kappa shape index (κ1) is 15.1. The van der Waals surface area contributed by atoms with Gasteiger partial charge in [-0.05, 0) is 24.3 Å². The largest absolute Gasteiger partial charge is 0.497 e. The Morgan fingerprint density at radius 1 is 1.04 bits per heavy atom. The maximum Gasteiger partial charge on any atom is 0.233 e. The van der Waals surface area contributed by atoms with Crippen molar-refractivity contribution < 1.29 is 14.0 Å². The standard InChI is InChI=1S/C18H18N2O3/c1-13(12-22-15-8-4-3-5-9-15)18-19-17(20-23-18)14-7-6-10-16(11-14)21-2/h3-11,13H,12H2,1-2H3. The first-order chi connectivity index (χ1) is 11.3. The van der Waals surface area contributed by atoms with E-state index < -0.39 is 0 Å². The number of ether oxygens (including phenoxy) is 2. The summed E-state index contributed by atoms with van der Waals surface area (Å²) in [6, 6.07) is 17.2. The molecule has 0 aliphatic rings. The van der Waals surface area contributed by atoms with Crippen molar-refractivity contribution >= 4 is 0 Å². The van der Waals surface area contributed by atoms with E-state index in [4.69, 9.17) is 14.0 Å². The van der Waals surface area contributed by atoms with E-state index in [1.165, 1.54) is 0 Å². The number of benzene rings is 2. The SMILES string of the molecule is COc1cccc(-c2noc(C(C)COc3ccccc3)n2)c1. The van der Waals surface area contributed by atoms with Gasteiger partial charge in [-0.3, -0.25) is 0 Å². The minimum absolute atomic E-state index is 0.00191. The topological polar surface area (TPSA) is 57.4 Å². The molecule has 1 heterocycles. The molecule has 1 aromatic heterocycles. The van der Waals surface area contributed by atoms with Crippen LogP contribution in [-0.2, 0) is 0 Å². The van der Waals surface area contributed by atoms with Crippen LogP contribution in [0, 0.1) is 0 Å². The molecule has 0 spiro atoms. The van der Waals surface area contributed by atoms with E-state index in [9.17, 15) is 0 Å². The van der Waals surface area contributed by atoms with Gasteiger partial charge in [-0.15, -0.1) is 0 Å². The van der Waals surface area contributed by atoms with Gasteiger partial charge in [0.05, 0.1) is 19.6 Å². The maximum atomic E-state index is 5.73. The third-order valence-electron chi connectivity index (χ3n) is 3.43. The smallest absolute Gasteiger partial charge is 0.233 e. The summed E-state index contributed by atoms with van der Waals surface area (Å²) >= 11 is 0. The molecule has 23 heavy (non-hydrogen) atoms. The van der Waals surface area contributed by atoms with Crippen LogP contribution in [0.15, 0.2) is 59.1 Å². The van der Waals surface area contributed by atoms with Gasteiger partial charge in [0.25, 0.3) is 0 Å². The molecule has 3 rings (SSSR count). The summed E-state index contributed by atoms with van der Waals surface area (Å²) in [5.74, 6) is 2.69.